The number of aliphatic carboxylic acids is 1. The van der Waals surface area contributed by atoms with Crippen LogP contribution < -0.4 is 16.0 Å². The van der Waals surface area contributed by atoms with Gasteiger partial charge >= 0.3 is 12.0 Å². The fourth-order valence-electron chi connectivity index (χ4n) is 2.36. The summed E-state index contributed by atoms with van der Waals surface area (Å²) in [6.07, 6.45) is 0.886. The SMILES string of the molecule is CCC[C@H](NC(=O)Nc1ccc(Br)cc1F)C(=O)NC(C(=O)O)C(C)(C)C. The van der Waals surface area contributed by atoms with Crippen LogP contribution in [0, 0.1) is 11.2 Å². The van der Waals surface area contributed by atoms with Gasteiger partial charge in [-0.3, -0.25) is 4.79 Å². The Balaban J connectivity index is 2.83. The van der Waals surface area contributed by atoms with Gasteiger partial charge in [0, 0.05) is 4.47 Å². The molecule has 1 rings (SSSR count). The van der Waals surface area contributed by atoms with Gasteiger partial charge in [0.25, 0.3) is 0 Å². The molecule has 27 heavy (non-hydrogen) atoms. The van der Waals surface area contributed by atoms with Crippen molar-refractivity contribution in [2.75, 3.05) is 5.32 Å². The molecule has 4 N–H and O–H groups in total. The van der Waals surface area contributed by atoms with Crippen molar-refractivity contribution < 1.29 is 23.9 Å². The molecule has 7 nitrogen and oxygen atoms in total. The van der Waals surface area contributed by atoms with Gasteiger partial charge in [-0.25, -0.2) is 14.0 Å². The minimum atomic E-state index is -1.16. The summed E-state index contributed by atoms with van der Waals surface area (Å²) in [5.74, 6) is -2.40. The van der Waals surface area contributed by atoms with Gasteiger partial charge in [0.2, 0.25) is 5.91 Å². The standard InChI is InChI=1S/C18H25BrFN3O4/c1-5-6-13(15(24)23-14(16(25)26)18(2,3)4)22-17(27)21-12-8-7-10(19)9-11(12)20/h7-9,13-14H,5-6H2,1-4H3,(H,23,24)(H,25,26)(H2,21,22,27)/t13-,14?/m0/s1. The summed E-state index contributed by atoms with van der Waals surface area (Å²) in [6.45, 7) is 6.90. The third-order valence-corrected chi connectivity index (χ3v) is 4.27. The van der Waals surface area contributed by atoms with Crippen LogP contribution in [-0.2, 0) is 9.59 Å². The zero-order valence-electron chi connectivity index (χ0n) is 15.7. The molecule has 0 saturated carbocycles. The Hall–Kier alpha value is -2.16. The van der Waals surface area contributed by atoms with Gasteiger partial charge in [0.15, 0.2) is 0 Å². The van der Waals surface area contributed by atoms with Crippen molar-refractivity contribution in [2.45, 2.75) is 52.6 Å². The number of carboxylic acid groups (broad SMARTS) is 1. The topological polar surface area (TPSA) is 108 Å². The number of urea groups is 1. The van der Waals surface area contributed by atoms with E-state index >= 15 is 0 Å². The molecule has 0 aliphatic carbocycles. The van der Waals surface area contributed by atoms with E-state index in [1.807, 2.05) is 6.92 Å². The Morgan fingerprint density at radius 2 is 1.85 bits per heavy atom. The molecule has 0 heterocycles. The number of hydrogen-bond acceptors (Lipinski definition) is 3. The predicted molar refractivity (Wildman–Crippen MR) is 104 cm³/mol. The number of rotatable bonds is 7. The van der Waals surface area contributed by atoms with Crippen molar-refractivity contribution >= 4 is 39.5 Å². The molecule has 0 aliphatic heterocycles. The van der Waals surface area contributed by atoms with Crippen molar-refractivity contribution in [3.8, 4) is 0 Å². The zero-order valence-corrected chi connectivity index (χ0v) is 17.3. The molecule has 0 radical (unpaired) electrons. The first-order chi connectivity index (χ1) is 12.5. The lowest BCUT2D eigenvalue weighted by molar-refractivity contribution is -0.145. The first-order valence-corrected chi connectivity index (χ1v) is 9.30. The Morgan fingerprint density at radius 1 is 1.22 bits per heavy atom. The molecule has 0 spiro atoms. The Bertz CT molecular complexity index is 706. The number of carbonyl (C=O) groups is 3. The van der Waals surface area contributed by atoms with Crippen molar-refractivity contribution in [2.24, 2.45) is 5.41 Å². The van der Waals surface area contributed by atoms with E-state index in [0.717, 1.165) is 0 Å². The maximum atomic E-state index is 13.8. The first-order valence-electron chi connectivity index (χ1n) is 8.51. The highest BCUT2D eigenvalue weighted by Gasteiger charge is 2.34. The summed E-state index contributed by atoms with van der Waals surface area (Å²) >= 11 is 3.12. The molecule has 2 atom stereocenters. The second kappa shape index (κ2) is 9.68. The fraction of sp³-hybridized carbons (Fsp3) is 0.500. The van der Waals surface area contributed by atoms with Gasteiger partial charge in [-0.2, -0.15) is 0 Å². The smallest absolute Gasteiger partial charge is 0.326 e. The number of amides is 3. The van der Waals surface area contributed by atoms with Crippen molar-refractivity contribution in [1.82, 2.24) is 10.6 Å². The molecule has 3 amide bonds. The van der Waals surface area contributed by atoms with Crippen LogP contribution in [0.3, 0.4) is 0 Å². The van der Waals surface area contributed by atoms with E-state index in [4.69, 9.17) is 0 Å². The van der Waals surface area contributed by atoms with Crippen molar-refractivity contribution in [3.63, 3.8) is 0 Å². The minimum absolute atomic E-state index is 0.0375. The second-order valence-corrected chi connectivity index (χ2v) is 8.13. The van der Waals surface area contributed by atoms with Crippen LogP contribution in [0.5, 0.6) is 0 Å². The number of halogens is 2. The van der Waals surface area contributed by atoms with Crippen LogP contribution in [0.15, 0.2) is 22.7 Å². The van der Waals surface area contributed by atoms with E-state index in [1.165, 1.54) is 12.1 Å². The number of hydrogen-bond donors (Lipinski definition) is 4. The molecule has 0 aromatic heterocycles. The molecule has 0 aliphatic rings. The average Bonchev–Trinajstić information content (AvgIpc) is 2.53. The van der Waals surface area contributed by atoms with Crippen LogP contribution in [0.4, 0.5) is 14.9 Å². The average molecular weight is 446 g/mol. The number of nitrogens with one attached hydrogen (secondary N) is 3. The molecule has 0 fully saturated rings. The van der Waals surface area contributed by atoms with Gasteiger partial charge in [-0.15, -0.1) is 0 Å². The van der Waals surface area contributed by atoms with Crippen LogP contribution in [0.1, 0.15) is 40.5 Å². The Kier molecular flexibility index (Phi) is 8.20. The van der Waals surface area contributed by atoms with Crippen LogP contribution in [0.25, 0.3) is 0 Å². The molecule has 0 saturated heterocycles. The molecule has 0 bridgehead atoms. The summed E-state index contributed by atoms with van der Waals surface area (Å²) in [5, 5.41) is 16.6. The molecule has 9 heteroatoms. The minimum Gasteiger partial charge on any atom is -0.480 e. The van der Waals surface area contributed by atoms with E-state index in [-0.39, 0.29) is 5.69 Å². The van der Waals surface area contributed by atoms with E-state index < -0.39 is 41.2 Å². The number of carbonyl (C=O) groups excluding carboxylic acids is 2. The maximum Gasteiger partial charge on any atom is 0.326 e. The third kappa shape index (κ3) is 7.16. The van der Waals surface area contributed by atoms with E-state index in [0.29, 0.717) is 17.3 Å². The number of benzene rings is 1. The third-order valence-electron chi connectivity index (χ3n) is 3.78. The van der Waals surface area contributed by atoms with E-state index in [1.54, 1.807) is 26.8 Å². The van der Waals surface area contributed by atoms with Crippen molar-refractivity contribution in [3.05, 3.63) is 28.5 Å². The summed E-state index contributed by atoms with van der Waals surface area (Å²) in [7, 11) is 0. The Morgan fingerprint density at radius 3 is 2.33 bits per heavy atom. The lowest BCUT2D eigenvalue weighted by atomic mass is 9.86. The zero-order chi connectivity index (χ0) is 20.8. The summed E-state index contributed by atoms with van der Waals surface area (Å²) in [5.41, 5.74) is -0.745. The molecule has 1 aromatic carbocycles. The largest absolute Gasteiger partial charge is 0.480 e. The lowest BCUT2D eigenvalue weighted by Crippen LogP contribution is -2.55. The van der Waals surface area contributed by atoms with Crippen molar-refractivity contribution in [1.29, 1.82) is 0 Å². The van der Waals surface area contributed by atoms with Gasteiger partial charge in [0.1, 0.15) is 17.9 Å². The van der Waals surface area contributed by atoms with Crippen LogP contribution in [0.2, 0.25) is 0 Å². The highest BCUT2D eigenvalue weighted by Crippen LogP contribution is 2.20. The summed E-state index contributed by atoms with van der Waals surface area (Å²) in [4.78, 5) is 36.1. The molecular weight excluding hydrogens is 421 g/mol. The molecule has 1 unspecified atom stereocenters. The quantitative estimate of drug-likeness (QED) is 0.514. The molecule has 1 aromatic rings. The Labute approximate surface area is 166 Å². The van der Waals surface area contributed by atoms with Gasteiger partial charge in [-0.05, 0) is 30.0 Å². The van der Waals surface area contributed by atoms with Gasteiger partial charge < -0.3 is 21.1 Å². The van der Waals surface area contributed by atoms with Crippen LogP contribution >= 0.6 is 15.9 Å². The van der Waals surface area contributed by atoms with E-state index in [2.05, 4.69) is 31.9 Å². The fourth-order valence-corrected chi connectivity index (χ4v) is 2.69. The summed E-state index contributed by atoms with van der Waals surface area (Å²) < 4.78 is 14.4. The number of carboxylic acids is 1. The molecule has 150 valence electrons. The maximum absolute atomic E-state index is 13.8. The monoisotopic (exact) mass is 445 g/mol. The predicted octanol–water partition coefficient (Wildman–Crippen LogP) is 3.49. The molecular formula is C18H25BrFN3O4. The summed E-state index contributed by atoms with van der Waals surface area (Å²) in [6, 6.07) is 1.33. The van der Waals surface area contributed by atoms with Crippen LogP contribution in [-0.4, -0.2) is 35.1 Å². The lowest BCUT2D eigenvalue weighted by Gasteiger charge is -2.29. The first kappa shape index (κ1) is 22.9. The van der Waals surface area contributed by atoms with Gasteiger partial charge in [-0.1, -0.05) is 50.0 Å². The van der Waals surface area contributed by atoms with E-state index in [9.17, 15) is 23.9 Å². The van der Waals surface area contributed by atoms with Gasteiger partial charge in [0.05, 0.1) is 5.69 Å². The highest BCUT2D eigenvalue weighted by molar-refractivity contribution is 9.10. The normalized spacial score (nSPS) is 13.4. The number of anilines is 1. The second-order valence-electron chi connectivity index (χ2n) is 7.21. The highest BCUT2D eigenvalue weighted by atomic mass is 79.9.